The van der Waals surface area contributed by atoms with Gasteiger partial charge >= 0.3 is 0 Å². The maximum Gasteiger partial charge on any atom is 0.0542 e. The molecule has 78 valence electrons. The summed E-state index contributed by atoms with van der Waals surface area (Å²) < 4.78 is 0. The molecule has 0 aromatic heterocycles. The molecule has 0 aliphatic heterocycles. The molecule has 0 fully saturated rings. The second kappa shape index (κ2) is 5.43. The molecule has 0 aliphatic carbocycles. The van der Waals surface area contributed by atoms with Crippen molar-refractivity contribution >= 4 is 0 Å². The first kappa shape index (κ1) is 12.7. The summed E-state index contributed by atoms with van der Waals surface area (Å²) in [5.74, 6) is 0. The average Bonchev–Trinajstić information content (AvgIpc) is 2.00. The van der Waals surface area contributed by atoms with E-state index in [2.05, 4.69) is 33.8 Å². The number of hydrogen-bond donors (Lipinski definition) is 1. The van der Waals surface area contributed by atoms with Crippen molar-refractivity contribution in [2.75, 3.05) is 0 Å². The molecular formula is C12H24O. The molecule has 0 aromatic rings. The summed E-state index contributed by atoms with van der Waals surface area (Å²) in [7, 11) is 0. The van der Waals surface area contributed by atoms with Crippen molar-refractivity contribution in [2.45, 2.75) is 60.0 Å². The Morgan fingerprint density at radius 3 is 2.31 bits per heavy atom. The normalized spacial score (nSPS) is 14.0. The van der Waals surface area contributed by atoms with E-state index >= 15 is 0 Å². The van der Waals surface area contributed by atoms with Crippen molar-refractivity contribution < 1.29 is 5.11 Å². The molecule has 1 heteroatoms. The highest BCUT2D eigenvalue weighted by Gasteiger charge is 2.19. The monoisotopic (exact) mass is 184 g/mol. The van der Waals surface area contributed by atoms with Gasteiger partial charge in [-0.05, 0) is 38.5 Å². The first-order chi connectivity index (χ1) is 5.87. The van der Waals surface area contributed by atoms with Crippen LogP contribution in [0.1, 0.15) is 53.9 Å². The molecule has 0 rings (SSSR count). The van der Waals surface area contributed by atoms with Gasteiger partial charge in [-0.2, -0.15) is 0 Å². The van der Waals surface area contributed by atoms with Crippen LogP contribution < -0.4 is 0 Å². The van der Waals surface area contributed by atoms with Gasteiger partial charge in [-0.15, -0.1) is 0 Å². The second-order valence-corrected chi connectivity index (χ2v) is 4.92. The Labute approximate surface area is 82.9 Å². The highest BCUT2D eigenvalue weighted by molar-refractivity contribution is 4.96. The van der Waals surface area contributed by atoms with E-state index in [9.17, 15) is 5.11 Å². The SMILES string of the molecule is CCC(O)CC(C)(C)CC=C(C)C. The zero-order valence-electron chi connectivity index (χ0n) is 9.72. The van der Waals surface area contributed by atoms with Crippen LogP contribution in [0.2, 0.25) is 0 Å². The van der Waals surface area contributed by atoms with Gasteiger partial charge < -0.3 is 5.11 Å². The first-order valence-corrected chi connectivity index (χ1v) is 5.19. The molecule has 1 unspecified atom stereocenters. The fraction of sp³-hybridized carbons (Fsp3) is 0.833. The minimum Gasteiger partial charge on any atom is -0.393 e. The summed E-state index contributed by atoms with van der Waals surface area (Å²) in [5, 5.41) is 9.54. The van der Waals surface area contributed by atoms with E-state index in [0.29, 0.717) is 0 Å². The fourth-order valence-corrected chi connectivity index (χ4v) is 1.35. The van der Waals surface area contributed by atoms with Gasteiger partial charge in [0.25, 0.3) is 0 Å². The molecule has 0 saturated carbocycles. The third-order valence-electron chi connectivity index (χ3n) is 2.32. The zero-order chi connectivity index (χ0) is 10.5. The zero-order valence-corrected chi connectivity index (χ0v) is 9.72. The summed E-state index contributed by atoms with van der Waals surface area (Å²) in [6, 6.07) is 0. The number of aliphatic hydroxyl groups excluding tert-OH is 1. The van der Waals surface area contributed by atoms with E-state index in [-0.39, 0.29) is 11.5 Å². The highest BCUT2D eigenvalue weighted by atomic mass is 16.3. The van der Waals surface area contributed by atoms with E-state index < -0.39 is 0 Å². The first-order valence-electron chi connectivity index (χ1n) is 5.19. The molecule has 0 bridgehead atoms. The van der Waals surface area contributed by atoms with E-state index in [1.165, 1.54) is 5.57 Å². The van der Waals surface area contributed by atoms with Gasteiger partial charge in [-0.3, -0.25) is 0 Å². The van der Waals surface area contributed by atoms with Gasteiger partial charge in [0, 0.05) is 0 Å². The Balaban J connectivity index is 4.00. The maximum absolute atomic E-state index is 9.54. The third-order valence-corrected chi connectivity index (χ3v) is 2.32. The summed E-state index contributed by atoms with van der Waals surface area (Å²) in [6.07, 6.45) is 4.93. The minimum atomic E-state index is -0.138. The van der Waals surface area contributed by atoms with Crippen LogP contribution in [-0.4, -0.2) is 11.2 Å². The lowest BCUT2D eigenvalue weighted by molar-refractivity contribution is 0.111. The maximum atomic E-state index is 9.54. The van der Waals surface area contributed by atoms with Crippen molar-refractivity contribution in [3.8, 4) is 0 Å². The summed E-state index contributed by atoms with van der Waals surface area (Å²) in [5.41, 5.74) is 1.59. The van der Waals surface area contributed by atoms with Gasteiger partial charge in [0.15, 0.2) is 0 Å². The molecule has 1 N–H and O–H groups in total. The topological polar surface area (TPSA) is 20.2 Å². The van der Waals surface area contributed by atoms with Crippen LogP contribution in [0.3, 0.4) is 0 Å². The van der Waals surface area contributed by atoms with Crippen LogP contribution in [0.5, 0.6) is 0 Å². The van der Waals surface area contributed by atoms with Gasteiger partial charge in [0.1, 0.15) is 0 Å². The number of allylic oxidation sites excluding steroid dienone is 2. The van der Waals surface area contributed by atoms with Crippen LogP contribution >= 0.6 is 0 Å². The van der Waals surface area contributed by atoms with Crippen molar-refractivity contribution in [1.82, 2.24) is 0 Å². The van der Waals surface area contributed by atoms with Crippen molar-refractivity contribution in [3.63, 3.8) is 0 Å². The van der Waals surface area contributed by atoms with Gasteiger partial charge in [0.05, 0.1) is 6.10 Å². The molecule has 13 heavy (non-hydrogen) atoms. The summed E-state index contributed by atoms with van der Waals surface area (Å²) >= 11 is 0. The number of rotatable bonds is 5. The van der Waals surface area contributed by atoms with Crippen LogP contribution in [0, 0.1) is 5.41 Å². The Kier molecular flexibility index (Phi) is 5.31. The summed E-state index contributed by atoms with van der Waals surface area (Å²) in [4.78, 5) is 0. The summed E-state index contributed by atoms with van der Waals surface area (Å²) in [6.45, 7) is 10.7. The molecule has 0 spiro atoms. The smallest absolute Gasteiger partial charge is 0.0542 e. The standard InChI is InChI=1S/C12H24O/c1-6-11(13)9-12(4,5)8-7-10(2)3/h7,11,13H,6,8-9H2,1-5H3. The molecule has 0 aliphatic rings. The van der Waals surface area contributed by atoms with Crippen LogP contribution in [0.25, 0.3) is 0 Å². The lowest BCUT2D eigenvalue weighted by Crippen LogP contribution is -2.19. The molecule has 0 amide bonds. The lowest BCUT2D eigenvalue weighted by atomic mass is 9.82. The molecule has 0 heterocycles. The van der Waals surface area contributed by atoms with Gasteiger partial charge in [0.2, 0.25) is 0 Å². The van der Waals surface area contributed by atoms with Crippen LogP contribution in [-0.2, 0) is 0 Å². The largest absolute Gasteiger partial charge is 0.393 e. The van der Waals surface area contributed by atoms with E-state index in [1.807, 2.05) is 6.92 Å². The van der Waals surface area contributed by atoms with Crippen LogP contribution in [0.15, 0.2) is 11.6 Å². The molecular weight excluding hydrogens is 160 g/mol. The molecule has 1 atom stereocenters. The van der Waals surface area contributed by atoms with Gasteiger partial charge in [-0.1, -0.05) is 32.4 Å². The van der Waals surface area contributed by atoms with Crippen LogP contribution in [0.4, 0.5) is 0 Å². The highest BCUT2D eigenvalue weighted by Crippen LogP contribution is 2.28. The van der Waals surface area contributed by atoms with E-state index in [1.54, 1.807) is 0 Å². The number of hydrogen-bond acceptors (Lipinski definition) is 1. The minimum absolute atomic E-state index is 0.138. The lowest BCUT2D eigenvalue weighted by Gasteiger charge is -2.25. The predicted molar refractivity (Wildman–Crippen MR) is 58.7 cm³/mol. The Morgan fingerprint density at radius 1 is 1.38 bits per heavy atom. The molecule has 1 nitrogen and oxygen atoms in total. The van der Waals surface area contributed by atoms with E-state index in [0.717, 1.165) is 19.3 Å². The average molecular weight is 184 g/mol. The second-order valence-electron chi connectivity index (χ2n) is 4.92. The van der Waals surface area contributed by atoms with Crippen molar-refractivity contribution in [2.24, 2.45) is 5.41 Å². The fourth-order valence-electron chi connectivity index (χ4n) is 1.35. The molecule has 0 radical (unpaired) electrons. The van der Waals surface area contributed by atoms with Crippen molar-refractivity contribution in [1.29, 1.82) is 0 Å². The number of aliphatic hydroxyl groups is 1. The van der Waals surface area contributed by atoms with Gasteiger partial charge in [-0.25, -0.2) is 0 Å². The van der Waals surface area contributed by atoms with E-state index in [4.69, 9.17) is 0 Å². The Bertz CT molecular complexity index is 164. The third kappa shape index (κ3) is 6.83. The van der Waals surface area contributed by atoms with Crippen molar-refractivity contribution in [3.05, 3.63) is 11.6 Å². The molecule has 0 aromatic carbocycles. The Hall–Kier alpha value is -0.300. The quantitative estimate of drug-likeness (QED) is 0.648. The Morgan fingerprint density at radius 2 is 1.92 bits per heavy atom. The predicted octanol–water partition coefficient (Wildman–Crippen LogP) is 3.53. The molecule has 0 saturated heterocycles.